The molecule has 1 nitrogen and oxygen atoms in total. The maximum atomic E-state index is 6.44. The van der Waals surface area contributed by atoms with Crippen molar-refractivity contribution in [3.05, 3.63) is 71.5 Å². The highest BCUT2D eigenvalue weighted by atomic mass is 35.5. The quantitative estimate of drug-likeness (QED) is 0.564. The summed E-state index contributed by atoms with van der Waals surface area (Å²) < 4.78 is 5.85. The van der Waals surface area contributed by atoms with Crippen LogP contribution in [0, 0.1) is 6.92 Å². The van der Waals surface area contributed by atoms with Crippen molar-refractivity contribution in [2.75, 3.05) is 0 Å². The molecule has 2 heteroatoms. The van der Waals surface area contributed by atoms with Gasteiger partial charge in [0, 0.05) is 11.8 Å². The van der Waals surface area contributed by atoms with Gasteiger partial charge in [-0.1, -0.05) is 42.0 Å². The number of alkyl halides is 1. The number of fused-ring (bicyclic) bond motifs is 1. The van der Waals surface area contributed by atoms with Crippen LogP contribution in [-0.2, 0) is 6.42 Å². The zero-order chi connectivity index (χ0) is 13.9. The molecule has 0 aliphatic heterocycles. The van der Waals surface area contributed by atoms with E-state index in [-0.39, 0.29) is 5.38 Å². The van der Waals surface area contributed by atoms with Gasteiger partial charge in [0.05, 0.1) is 5.38 Å². The van der Waals surface area contributed by atoms with Gasteiger partial charge in [-0.25, -0.2) is 0 Å². The summed E-state index contributed by atoms with van der Waals surface area (Å²) in [6, 6.07) is 18.6. The minimum absolute atomic E-state index is 0.0335. The normalized spacial score (nSPS) is 12.7. The Morgan fingerprint density at radius 3 is 2.65 bits per heavy atom. The van der Waals surface area contributed by atoms with Crippen LogP contribution in [0.2, 0.25) is 0 Å². The lowest BCUT2D eigenvalue weighted by Crippen LogP contribution is -1.92. The van der Waals surface area contributed by atoms with Crippen molar-refractivity contribution in [1.29, 1.82) is 0 Å². The molecule has 1 aromatic heterocycles. The number of rotatable bonds is 4. The van der Waals surface area contributed by atoms with Crippen LogP contribution in [0.15, 0.2) is 59.0 Å². The van der Waals surface area contributed by atoms with Crippen molar-refractivity contribution >= 4 is 22.6 Å². The highest BCUT2D eigenvalue weighted by molar-refractivity contribution is 6.20. The Balaban J connectivity index is 1.71. The molecular weight excluding hydrogens is 268 g/mol. The monoisotopic (exact) mass is 284 g/mol. The summed E-state index contributed by atoms with van der Waals surface area (Å²) >= 11 is 6.44. The number of aryl methyl sites for hydroxylation is 2. The molecule has 0 N–H and O–H groups in total. The van der Waals surface area contributed by atoms with Crippen LogP contribution in [0.4, 0.5) is 0 Å². The molecule has 0 saturated carbocycles. The van der Waals surface area contributed by atoms with E-state index in [0.29, 0.717) is 0 Å². The molecule has 20 heavy (non-hydrogen) atoms. The fourth-order valence-corrected chi connectivity index (χ4v) is 2.69. The fraction of sp³-hybridized carbons (Fsp3) is 0.222. The Kier molecular flexibility index (Phi) is 3.79. The van der Waals surface area contributed by atoms with E-state index in [4.69, 9.17) is 16.0 Å². The Morgan fingerprint density at radius 1 is 1.05 bits per heavy atom. The largest absolute Gasteiger partial charge is 0.461 e. The molecule has 3 rings (SSSR count). The summed E-state index contributed by atoms with van der Waals surface area (Å²) in [5.74, 6) is 1.01. The van der Waals surface area contributed by atoms with Gasteiger partial charge in [-0.05, 0) is 37.1 Å². The standard InChI is InChI=1S/C18H17ClO/c1-13-7-10-18-15(11-13)12-16(20-18)8-9-17(19)14-5-3-2-4-6-14/h2-7,10-12,17H,8-9H2,1H3. The maximum Gasteiger partial charge on any atom is 0.134 e. The van der Waals surface area contributed by atoms with Gasteiger partial charge < -0.3 is 4.42 Å². The first-order chi connectivity index (χ1) is 9.72. The van der Waals surface area contributed by atoms with Crippen LogP contribution in [-0.4, -0.2) is 0 Å². The van der Waals surface area contributed by atoms with E-state index in [1.807, 2.05) is 24.3 Å². The lowest BCUT2D eigenvalue weighted by Gasteiger charge is -2.08. The SMILES string of the molecule is Cc1ccc2oc(CCC(Cl)c3ccccc3)cc2c1. The van der Waals surface area contributed by atoms with E-state index in [9.17, 15) is 0 Å². The van der Waals surface area contributed by atoms with Crippen LogP contribution < -0.4 is 0 Å². The molecule has 2 aromatic carbocycles. The predicted molar refractivity (Wildman–Crippen MR) is 84.3 cm³/mol. The average molecular weight is 285 g/mol. The number of hydrogen-bond donors (Lipinski definition) is 0. The highest BCUT2D eigenvalue weighted by Gasteiger charge is 2.10. The Morgan fingerprint density at radius 2 is 1.85 bits per heavy atom. The molecule has 3 aromatic rings. The van der Waals surface area contributed by atoms with E-state index >= 15 is 0 Å². The summed E-state index contributed by atoms with van der Waals surface area (Å²) in [5.41, 5.74) is 3.38. The zero-order valence-electron chi connectivity index (χ0n) is 11.5. The molecule has 0 aliphatic rings. The summed E-state index contributed by atoms with van der Waals surface area (Å²) in [6.07, 6.45) is 1.74. The Labute approximate surface area is 124 Å². The minimum atomic E-state index is 0.0335. The van der Waals surface area contributed by atoms with Gasteiger partial charge in [-0.3, -0.25) is 0 Å². The summed E-state index contributed by atoms with van der Waals surface area (Å²) in [5, 5.41) is 1.21. The van der Waals surface area contributed by atoms with Gasteiger partial charge >= 0.3 is 0 Å². The van der Waals surface area contributed by atoms with E-state index in [2.05, 4.69) is 37.3 Å². The molecule has 0 spiro atoms. The van der Waals surface area contributed by atoms with Crippen molar-refractivity contribution in [1.82, 2.24) is 0 Å². The Hall–Kier alpha value is -1.73. The Bertz CT molecular complexity index is 700. The number of hydrogen-bond acceptors (Lipinski definition) is 1. The van der Waals surface area contributed by atoms with Crippen molar-refractivity contribution in [2.24, 2.45) is 0 Å². The zero-order valence-corrected chi connectivity index (χ0v) is 12.2. The smallest absolute Gasteiger partial charge is 0.134 e. The topological polar surface area (TPSA) is 13.1 Å². The molecule has 0 amide bonds. The van der Waals surface area contributed by atoms with Gasteiger partial charge in [0.15, 0.2) is 0 Å². The van der Waals surface area contributed by atoms with Gasteiger partial charge in [0.25, 0.3) is 0 Å². The van der Waals surface area contributed by atoms with Crippen LogP contribution >= 0.6 is 11.6 Å². The van der Waals surface area contributed by atoms with Gasteiger partial charge in [-0.2, -0.15) is 0 Å². The second-order valence-electron chi connectivity index (χ2n) is 5.17. The third-order valence-electron chi connectivity index (χ3n) is 3.53. The molecule has 0 fully saturated rings. The van der Waals surface area contributed by atoms with Gasteiger partial charge in [0.1, 0.15) is 11.3 Å². The van der Waals surface area contributed by atoms with Crippen LogP contribution in [0.1, 0.15) is 28.7 Å². The van der Waals surface area contributed by atoms with E-state index in [0.717, 1.165) is 24.2 Å². The molecule has 1 heterocycles. The first-order valence-corrected chi connectivity index (χ1v) is 7.34. The van der Waals surface area contributed by atoms with Crippen LogP contribution in [0.5, 0.6) is 0 Å². The van der Waals surface area contributed by atoms with E-state index < -0.39 is 0 Å². The molecule has 102 valence electrons. The first-order valence-electron chi connectivity index (χ1n) is 6.90. The summed E-state index contributed by atoms with van der Waals surface area (Å²) in [7, 11) is 0. The van der Waals surface area contributed by atoms with Crippen molar-refractivity contribution in [2.45, 2.75) is 25.1 Å². The molecule has 1 unspecified atom stereocenters. The minimum Gasteiger partial charge on any atom is -0.461 e. The predicted octanol–water partition coefficient (Wildman–Crippen LogP) is 5.65. The molecular formula is C18H17ClO. The molecule has 0 bridgehead atoms. The van der Waals surface area contributed by atoms with Crippen LogP contribution in [0.3, 0.4) is 0 Å². The summed E-state index contributed by atoms with van der Waals surface area (Å²) in [6.45, 7) is 2.09. The molecule has 0 aliphatic carbocycles. The molecule has 0 saturated heterocycles. The third kappa shape index (κ3) is 2.88. The lowest BCUT2D eigenvalue weighted by molar-refractivity contribution is 0.536. The highest BCUT2D eigenvalue weighted by Crippen LogP contribution is 2.27. The molecule has 0 radical (unpaired) electrons. The summed E-state index contributed by atoms with van der Waals surface area (Å²) in [4.78, 5) is 0. The van der Waals surface area contributed by atoms with Gasteiger partial charge in [0.2, 0.25) is 0 Å². The average Bonchev–Trinajstić information content (AvgIpc) is 2.87. The maximum absolute atomic E-state index is 6.44. The second kappa shape index (κ2) is 5.72. The van der Waals surface area contributed by atoms with E-state index in [1.165, 1.54) is 16.5 Å². The third-order valence-corrected chi connectivity index (χ3v) is 4.00. The van der Waals surface area contributed by atoms with Gasteiger partial charge in [-0.15, -0.1) is 11.6 Å². The fourth-order valence-electron chi connectivity index (χ4n) is 2.44. The van der Waals surface area contributed by atoms with Crippen molar-refractivity contribution < 1.29 is 4.42 Å². The number of benzene rings is 2. The van der Waals surface area contributed by atoms with E-state index in [1.54, 1.807) is 0 Å². The van der Waals surface area contributed by atoms with Crippen molar-refractivity contribution in [3.8, 4) is 0 Å². The lowest BCUT2D eigenvalue weighted by atomic mass is 10.1. The second-order valence-corrected chi connectivity index (χ2v) is 5.70. The number of halogens is 1. The van der Waals surface area contributed by atoms with Crippen LogP contribution in [0.25, 0.3) is 11.0 Å². The molecule has 1 atom stereocenters. The first kappa shape index (κ1) is 13.3. The van der Waals surface area contributed by atoms with Crippen molar-refractivity contribution in [3.63, 3.8) is 0 Å². The number of furan rings is 1.